The van der Waals surface area contributed by atoms with E-state index in [1.165, 1.54) is 31.4 Å². The van der Waals surface area contributed by atoms with Gasteiger partial charge in [0.1, 0.15) is 16.9 Å². The highest BCUT2D eigenvalue weighted by molar-refractivity contribution is 7.89. The van der Waals surface area contributed by atoms with E-state index in [4.69, 9.17) is 19.4 Å². The fourth-order valence-electron chi connectivity index (χ4n) is 5.90. The summed E-state index contributed by atoms with van der Waals surface area (Å²) in [4.78, 5) is 31.0. The number of hydrogen-bond acceptors (Lipinski definition) is 10. The van der Waals surface area contributed by atoms with Gasteiger partial charge in [-0.05, 0) is 100 Å². The number of anilines is 1. The number of pyridine rings is 2. The molecule has 0 radical (unpaired) electrons. The van der Waals surface area contributed by atoms with Crippen LogP contribution in [-0.2, 0) is 37.3 Å². The second-order valence-corrected chi connectivity index (χ2v) is 15.2. The van der Waals surface area contributed by atoms with Gasteiger partial charge in [-0.15, -0.1) is 0 Å². The van der Waals surface area contributed by atoms with Crippen molar-refractivity contribution < 1.29 is 27.1 Å². The van der Waals surface area contributed by atoms with E-state index in [-0.39, 0.29) is 29.4 Å². The topological polar surface area (TPSA) is 133 Å². The fraction of sp³-hybridized carbons (Fsp3) is 0.457. The molecule has 4 aromatic rings. The standard InChI is InChI=1S/C35H42FN5O5S/c1-6-24-18-29(28-16-15-27(38-33(28)45-5)21-47(43,44)20-23-7-11-25(36)12-8-23)40-30-19-37-34(41-32(24)30)39-26-13-9-22(10-14-26)17-31(42)46-35(2,3)4/h7-8,11-12,15-16,18-19,22,26H,6,9-10,13-14,17,20-21H2,1-5H3,(H,37,39,41). The number of carbonyl (C=O) groups excluding carboxylic acids is 1. The smallest absolute Gasteiger partial charge is 0.306 e. The molecule has 0 amide bonds. The van der Waals surface area contributed by atoms with E-state index < -0.39 is 21.3 Å². The van der Waals surface area contributed by atoms with E-state index in [9.17, 15) is 17.6 Å². The Labute approximate surface area is 275 Å². The van der Waals surface area contributed by atoms with Crippen molar-refractivity contribution in [3.05, 3.63) is 71.3 Å². The third-order valence-electron chi connectivity index (χ3n) is 8.12. The Morgan fingerprint density at radius 3 is 2.38 bits per heavy atom. The molecule has 3 heterocycles. The molecular formula is C35H42FN5O5S. The van der Waals surface area contributed by atoms with Gasteiger partial charge < -0.3 is 14.8 Å². The van der Waals surface area contributed by atoms with Crippen LogP contribution < -0.4 is 10.1 Å². The number of sulfone groups is 1. The first kappa shape index (κ1) is 34.2. The summed E-state index contributed by atoms with van der Waals surface area (Å²) in [6.07, 6.45) is 6.57. The van der Waals surface area contributed by atoms with Crippen LogP contribution in [0.1, 0.15) is 76.6 Å². The highest BCUT2D eigenvalue weighted by atomic mass is 32.2. The number of methoxy groups -OCH3 is 1. The Balaban J connectivity index is 1.28. The number of hydrogen-bond donors (Lipinski definition) is 1. The SMILES string of the molecule is CCc1cc(-c2ccc(CS(=O)(=O)Cc3ccc(F)cc3)nc2OC)nc2cnc(NC3CCC(CC(=O)OC(C)(C)C)CC3)nc12. The van der Waals surface area contributed by atoms with Gasteiger partial charge in [-0.1, -0.05) is 19.1 Å². The third kappa shape index (κ3) is 9.21. The molecule has 0 aliphatic heterocycles. The van der Waals surface area contributed by atoms with Gasteiger partial charge in [-0.3, -0.25) is 4.79 Å². The van der Waals surface area contributed by atoms with Crippen molar-refractivity contribution in [1.29, 1.82) is 0 Å². The molecule has 0 bridgehead atoms. The maximum atomic E-state index is 13.2. The second kappa shape index (κ2) is 14.3. The zero-order valence-electron chi connectivity index (χ0n) is 27.5. The maximum absolute atomic E-state index is 13.2. The van der Waals surface area contributed by atoms with E-state index in [2.05, 4.69) is 15.3 Å². The molecule has 250 valence electrons. The van der Waals surface area contributed by atoms with Crippen molar-refractivity contribution in [2.24, 2.45) is 5.92 Å². The Hall–Kier alpha value is -4.19. The first-order valence-electron chi connectivity index (χ1n) is 15.9. The molecule has 0 atom stereocenters. The summed E-state index contributed by atoms with van der Waals surface area (Å²) in [5.74, 6) is 0.0521. The van der Waals surface area contributed by atoms with Crippen LogP contribution >= 0.6 is 0 Å². The molecule has 3 aromatic heterocycles. The number of halogens is 1. The molecule has 1 saturated carbocycles. The molecule has 47 heavy (non-hydrogen) atoms. The average molecular weight is 664 g/mol. The Bertz CT molecular complexity index is 1840. The highest BCUT2D eigenvalue weighted by Gasteiger charge is 2.26. The van der Waals surface area contributed by atoms with Crippen LogP contribution in [0.4, 0.5) is 10.3 Å². The lowest BCUT2D eigenvalue weighted by Gasteiger charge is -2.29. The number of benzene rings is 1. The predicted octanol–water partition coefficient (Wildman–Crippen LogP) is 6.61. The fourth-order valence-corrected chi connectivity index (χ4v) is 7.31. The van der Waals surface area contributed by atoms with Gasteiger partial charge in [0.05, 0.1) is 47.3 Å². The lowest BCUT2D eigenvalue weighted by atomic mass is 9.84. The number of aromatic nitrogens is 4. The first-order valence-corrected chi connectivity index (χ1v) is 17.8. The van der Waals surface area contributed by atoms with E-state index in [0.29, 0.717) is 52.7 Å². The maximum Gasteiger partial charge on any atom is 0.306 e. The quantitative estimate of drug-likeness (QED) is 0.175. The molecule has 0 unspecified atom stereocenters. The van der Waals surface area contributed by atoms with Crippen LogP contribution in [-0.4, -0.2) is 53.1 Å². The summed E-state index contributed by atoms with van der Waals surface area (Å²) < 4.78 is 50.0. The molecule has 1 fully saturated rings. The van der Waals surface area contributed by atoms with Gasteiger partial charge >= 0.3 is 5.97 Å². The number of rotatable bonds is 11. The monoisotopic (exact) mass is 663 g/mol. The normalized spacial score (nSPS) is 17.0. The van der Waals surface area contributed by atoms with Gasteiger partial charge in [-0.2, -0.15) is 0 Å². The molecular weight excluding hydrogens is 621 g/mol. The first-order chi connectivity index (χ1) is 22.3. The number of esters is 1. The van der Waals surface area contributed by atoms with Crippen molar-refractivity contribution >= 4 is 32.8 Å². The minimum Gasteiger partial charge on any atom is -0.480 e. The van der Waals surface area contributed by atoms with Gasteiger partial charge in [0.2, 0.25) is 11.8 Å². The lowest BCUT2D eigenvalue weighted by molar-refractivity contribution is -0.156. The second-order valence-electron chi connectivity index (χ2n) is 13.1. The number of fused-ring (bicyclic) bond motifs is 1. The predicted molar refractivity (Wildman–Crippen MR) is 179 cm³/mol. The summed E-state index contributed by atoms with van der Waals surface area (Å²) in [7, 11) is -2.09. The molecule has 10 nitrogen and oxygen atoms in total. The highest BCUT2D eigenvalue weighted by Crippen LogP contribution is 2.32. The molecule has 1 aliphatic rings. The van der Waals surface area contributed by atoms with E-state index in [1.807, 2.05) is 33.8 Å². The van der Waals surface area contributed by atoms with Crippen LogP contribution in [0, 0.1) is 11.7 Å². The average Bonchev–Trinajstić information content (AvgIpc) is 3.01. The van der Waals surface area contributed by atoms with E-state index in [1.54, 1.807) is 18.3 Å². The minimum atomic E-state index is -3.57. The summed E-state index contributed by atoms with van der Waals surface area (Å²) in [5, 5.41) is 3.48. The molecule has 0 spiro atoms. The summed E-state index contributed by atoms with van der Waals surface area (Å²) in [6.45, 7) is 7.71. The zero-order valence-corrected chi connectivity index (χ0v) is 28.4. The van der Waals surface area contributed by atoms with E-state index >= 15 is 0 Å². The van der Waals surface area contributed by atoms with Gasteiger partial charge in [0.25, 0.3) is 0 Å². The molecule has 1 aromatic carbocycles. The molecule has 5 rings (SSSR count). The van der Waals surface area contributed by atoms with Crippen molar-refractivity contribution in [2.75, 3.05) is 12.4 Å². The van der Waals surface area contributed by atoms with Gasteiger partial charge in [0.15, 0.2) is 9.84 Å². The van der Waals surface area contributed by atoms with E-state index in [0.717, 1.165) is 36.8 Å². The van der Waals surface area contributed by atoms with Crippen LogP contribution in [0.15, 0.2) is 48.7 Å². The van der Waals surface area contributed by atoms with Crippen molar-refractivity contribution in [2.45, 2.75) is 89.4 Å². The lowest BCUT2D eigenvalue weighted by Crippen LogP contribution is -2.30. The Morgan fingerprint density at radius 1 is 1.00 bits per heavy atom. The molecule has 12 heteroatoms. The third-order valence-corrected chi connectivity index (χ3v) is 9.63. The number of ether oxygens (including phenoxy) is 2. The molecule has 0 saturated heterocycles. The molecule has 1 aliphatic carbocycles. The largest absolute Gasteiger partial charge is 0.480 e. The number of nitrogens with one attached hydrogen (secondary N) is 1. The van der Waals surface area contributed by atoms with Gasteiger partial charge in [-0.25, -0.2) is 32.7 Å². The Kier molecular flexibility index (Phi) is 10.4. The zero-order chi connectivity index (χ0) is 33.8. The molecule has 1 N–H and O–H groups in total. The van der Waals surface area contributed by atoms with Crippen molar-refractivity contribution in [3.63, 3.8) is 0 Å². The van der Waals surface area contributed by atoms with Crippen LogP contribution in [0.25, 0.3) is 22.3 Å². The van der Waals surface area contributed by atoms with Crippen LogP contribution in [0.3, 0.4) is 0 Å². The van der Waals surface area contributed by atoms with Crippen molar-refractivity contribution in [1.82, 2.24) is 19.9 Å². The number of aryl methyl sites for hydroxylation is 1. The Morgan fingerprint density at radius 2 is 1.72 bits per heavy atom. The van der Waals surface area contributed by atoms with Crippen molar-refractivity contribution in [3.8, 4) is 17.1 Å². The summed E-state index contributed by atoms with van der Waals surface area (Å²) in [6, 6.07) is 11.0. The number of nitrogens with zero attached hydrogens (tertiary/aromatic N) is 4. The van der Waals surface area contributed by atoms with Gasteiger partial charge in [0, 0.05) is 12.5 Å². The minimum absolute atomic E-state index is 0.137. The summed E-state index contributed by atoms with van der Waals surface area (Å²) >= 11 is 0. The van der Waals surface area contributed by atoms with Crippen LogP contribution in [0.5, 0.6) is 5.88 Å². The number of carbonyl (C=O) groups is 1. The summed E-state index contributed by atoms with van der Waals surface area (Å²) in [5.41, 5.74) is 3.96. The van der Waals surface area contributed by atoms with Crippen LogP contribution in [0.2, 0.25) is 0 Å².